The van der Waals surface area contributed by atoms with Gasteiger partial charge in [0.25, 0.3) is 0 Å². The monoisotopic (exact) mass is 218 g/mol. The Balaban J connectivity index is 1.91. The lowest BCUT2D eigenvalue weighted by Gasteiger charge is -2.21. The van der Waals surface area contributed by atoms with Crippen LogP contribution in [-0.4, -0.2) is 16.7 Å². The number of nitrogens with zero attached hydrogens (tertiary/aromatic N) is 2. The van der Waals surface area contributed by atoms with Gasteiger partial charge in [0.2, 0.25) is 0 Å². The first-order valence-electron chi connectivity index (χ1n) is 6.00. The molecule has 1 heterocycles. The van der Waals surface area contributed by atoms with E-state index in [0.29, 0.717) is 11.4 Å². The standard InChI is InChI=1S/C12H18N4/c1-9-11(7-13)12(16-15-9)14-8-10-5-3-2-4-6-10/h10H,2-6,8H2,1H3,(H2,14,15,16). The summed E-state index contributed by atoms with van der Waals surface area (Å²) in [6.45, 7) is 2.82. The van der Waals surface area contributed by atoms with Crippen molar-refractivity contribution < 1.29 is 0 Å². The highest BCUT2D eigenvalue weighted by molar-refractivity contribution is 5.53. The van der Waals surface area contributed by atoms with Crippen LogP contribution in [0.3, 0.4) is 0 Å². The Morgan fingerprint density at radius 3 is 2.88 bits per heavy atom. The van der Waals surface area contributed by atoms with E-state index in [0.717, 1.165) is 18.2 Å². The molecule has 0 aliphatic heterocycles. The summed E-state index contributed by atoms with van der Waals surface area (Å²) < 4.78 is 0. The zero-order chi connectivity index (χ0) is 11.4. The first-order valence-corrected chi connectivity index (χ1v) is 6.00. The minimum Gasteiger partial charge on any atom is -0.367 e. The van der Waals surface area contributed by atoms with Crippen LogP contribution in [0.15, 0.2) is 0 Å². The molecule has 1 aromatic rings. The van der Waals surface area contributed by atoms with Gasteiger partial charge in [-0.3, -0.25) is 5.10 Å². The molecule has 2 N–H and O–H groups in total. The second kappa shape index (κ2) is 5.02. The van der Waals surface area contributed by atoms with Gasteiger partial charge in [-0.25, -0.2) is 0 Å². The van der Waals surface area contributed by atoms with Crippen LogP contribution in [0.5, 0.6) is 0 Å². The predicted octanol–water partition coefficient (Wildman–Crippen LogP) is 2.58. The number of aromatic amines is 1. The number of aromatic nitrogens is 2. The van der Waals surface area contributed by atoms with E-state index in [1.165, 1.54) is 32.1 Å². The molecule has 86 valence electrons. The number of nitriles is 1. The maximum absolute atomic E-state index is 8.98. The van der Waals surface area contributed by atoms with Crippen LogP contribution in [-0.2, 0) is 0 Å². The Hall–Kier alpha value is -1.50. The molecule has 4 heteroatoms. The van der Waals surface area contributed by atoms with Crippen molar-refractivity contribution in [3.8, 4) is 6.07 Å². The number of anilines is 1. The molecular weight excluding hydrogens is 200 g/mol. The van der Waals surface area contributed by atoms with Gasteiger partial charge in [0.1, 0.15) is 11.6 Å². The molecule has 4 nitrogen and oxygen atoms in total. The summed E-state index contributed by atoms with van der Waals surface area (Å²) in [4.78, 5) is 0. The van der Waals surface area contributed by atoms with Crippen LogP contribution in [0.1, 0.15) is 43.4 Å². The summed E-state index contributed by atoms with van der Waals surface area (Å²) in [6.07, 6.45) is 6.67. The number of H-pyrrole nitrogens is 1. The van der Waals surface area contributed by atoms with Crippen molar-refractivity contribution in [3.05, 3.63) is 11.3 Å². The van der Waals surface area contributed by atoms with E-state index in [9.17, 15) is 0 Å². The highest BCUT2D eigenvalue weighted by atomic mass is 15.2. The fourth-order valence-electron chi connectivity index (χ4n) is 2.33. The summed E-state index contributed by atoms with van der Waals surface area (Å²) in [7, 11) is 0. The SMILES string of the molecule is Cc1[nH]nc(NCC2CCCCC2)c1C#N. The van der Waals surface area contributed by atoms with Crippen LogP contribution >= 0.6 is 0 Å². The van der Waals surface area contributed by atoms with Crippen molar-refractivity contribution in [1.82, 2.24) is 10.2 Å². The summed E-state index contributed by atoms with van der Waals surface area (Å²) in [6, 6.07) is 2.18. The average Bonchev–Trinajstić information content (AvgIpc) is 2.68. The second-order valence-corrected chi connectivity index (χ2v) is 4.57. The third-order valence-electron chi connectivity index (χ3n) is 3.34. The fraction of sp³-hybridized carbons (Fsp3) is 0.667. The first kappa shape index (κ1) is 11.0. The number of hydrogen-bond donors (Lipinski definition) is 2. The predicted molar refractivity (Wildman–Crippen MR) is 63.1 cm³/mol. The third kappa shape index (κ3) is 2.35. The molecule has 0 saturated heterocycles. The van der Waals surface area contributed by atoms with Gasteiger partial charge in [0, 0.05) is 6.54 Å². The number of hydrogen-bond acceptors (Lipinski definition) is 3. The van der Waals surface area contributed by atoms with Gasteiger partial charge in [-0.1, -0.05) is 19.3 Å². The third-order valence-corrected chi connectivity index (χ3v) is 3.34. The van der Waals surface area contributed by atoms with Crippen molar-refractivity contribution in [3.63, 3.8) is 0 Å². The molecular formula is C12H18N4. The van der Waals surface area contributed by atoms with Crippen LogP contribution in [0.2, 0.25) is 0 Å². The topological polar surface area (TPSA) is 64.5 Å². The van der Waals surface area contributed by atoms with Crippen molar-refractivity contribution in [2.45, 2.75) is 39.0 Å². The first-order chi connectivity index (χ1) is 7.81. The normalized spacial score (nSPS) is 17.0. The molecule has 0 radical (unpaired) electrons. The Labute approximate surface area is 96.0 Å². The summed E-state index contributed by atoms with van der Waals surface area (Å²) in [5, 5.41) is 19.2. The number of rotatable bonds is 3. The number of aryl methyl sites for hydroxylation is 1. The minimum atomic E-state index is 0.649. The summed E-state index contributed by atoms with van der Waals surface area (Å²) in [5.74, 6) is 1.46. The van der Waals surface area contributed by atoms with E-state index < -0.39 is 0 Å². The van der Waals surface area contributed by atoms with Crippen LogP contribution < -0.4 is 5.32 Å². The van der Waals surface area contributed by atoms with Crippen molar-refractivity contribution in [2.75, 3.05) is 11.9 Å². The molecule has 1 fully saturated rings. The van der Waals surface area contributed by atoms with E-state index >= 15 is 0 Å². The molecule has 0 amide bonds. The van der Waals surface area contributed by atoms with Crippen molar-refractivity contribution >= 4 is 5.82 Å². The van der Waals surface area contributed by atoms with E-state index in [-0.39, 0.29) is 0 Å². The summed E-state index contributed by atoms with van der Waals surface area (Å²) in [5.41, 5.74) is 1.49. The summed E-state index contributed by atoms with van der Waals surface area (Å²) >= 11 is 0. The quantitative estimate of drug-likeness (QED) is 0.819. The van der Waals surface area contributed by atoms with Gasteiger partial charge in [0.15, 0.2) is 5.82 Å². The minimum absolute atomic E-state index is 0.649. The Morgan fingerprint density at radius 2 is 2.19 bits per heavy atom. The molecule has 1 saturated carbocycles. The lowest BCUT2D eigenvalue weighted by molar-refractivity contribution is 0.373. The molecule has 1 aliphatic rings. The fourth-order valence-corrected chi connectivity index (χ4v) is 2.33. The van der Waals surface area contributed by atoms with E-state index in [1.54, 1.807) is 0 Å². The van der Waals surface area contributed by atoms with E-state index in [2.05, 4.69) is 21.6 Å². The molecule has 2 rings (SSSR count). The van der Waals surface area contributed by atoms with Gasteiger partial charge in [-0.15, -0.1) is 0 Å². The van der Waals surface area contributed by atoms with E-state index in [1.807, 2.05) is 6.92 Å². The molecule has 1 aliphatic carbocycles. The molecule has 0 bridgehead atoms. The van der Waals surface area contributed by atoms with E-state index in [4.69, 9.17) is 5.26 Å². The molecule has 0 atom stereocenters. The molecule has 0 aromatic carbocycles. The van der Waals surface area contributed by atoms with Crippen LogP contribution in [0.4, 0.5) is 5.82 Å². The van der Waals surface area contributed by atoms with Gasteiger partial charge in [-0.05, 0) is 25.7 Å². The molecule has 0 unspecified atom stereocenters. The van der Waals surface area contributed by atoms with Crippen molar-refractivity contribution in [2.24, 2.45) is 5.92 Å². The van der Waals surface area contributed by atoms with Gasteiger partial charge >= 0.3 is 0 Å². The lowest BCUT2D eigenvalue weighted by atomic mass is 9.89. The van der Waals surface area contributed by atoms with Gasteiger partial charge in [-0.2, -0.15) is 10.4 Å². The lowest BCUT2D eigenvalue weighted by Crippen LogP contribution is -2.17. The average molecular weight is 218 g/mol. The molecule has 0 spiro atoms. The Kier molecular flexibility index (Phi) is 3.45. The zero-order valence-electron chi connectivity index (χ0n) is 9.71. The van der Waals surface area contributed by atoms with Crippen molar-refractivity contribution in [1.29, 1.82) is 5.26 Å². The Morgan fingerprint density at radius 1 is 1.44 bits per heavy atom. The smallest absolute Gasteiger partial charge is 0.166 e. The van der Waals surface area contributed by atoms with Crippen LogP contribution in [0, 0.1) is 24.2 Å². The largest absolute Gasteiger partial charge is 0.367 e. The molecule has 1 aromatic heterocycles. The van der Waals surface area contributed by atoms with Gasteiger partial charge < -0.3 is 5.32 Å². The maximum Gasteiger partial charge on any atom is 0.166 e. The van der Waals surface area contributed by atoms with Gasteiger partial charge in [0.05, 0.1) is 5.69 Å². The van der Waals surface area contributed by atoms with Crippen LogP contribution in [0.25, 0.3) is 0 Å². The highest BCUT2D eigenvalue weighted by Gasteiger charge is 2.15. The second-order valence-electron chi connectivity index (χ2n) is 4.57. The Bertz CT molecular complexity index is 382. The molecule has 16 heavy (non-hydrogen) atoms. The zero-order valence-corrected chi connectivity index (χ0v) is 9.71. The number of nitrogens with one attached hydrogen (secondary N) is 2. The highest BCUT2D eigenvalue weighted by Crippen LogP contribution is 2.24. The maximum atomic E-state index is 8.98.